The Morgan fingerprint density at radius 3 is 2.90 bits per heavy atom. The summed E-state index contributed by atoms with van der Waals surface area (Å²) in [6.07, 6.45) is -0.641. The van der Waals surface area contributed by atoms with E-state index in [-0.39, 0.29) is 11.5 Å². The summed E-state index contributed by atoms with van der Waals surface area (Å²) >= 11 is 0. The van der Waals surface area contributed by atoms with Gasteiger partial charge in [-0.2, -0.15) is 0 Å². The predicted octanol–water partition coefficient (Wildman–Crippen LogP) is 0.852. The number of hydrogen-bond donors (Lipinski definition) is 0. The molecule has 3 nitrogen and oxygen atoms in total. The van der Waals surface area contributed by atoms with Crippen molar-refractivity contribution in [1.29, 1.82) is 0 Å². The maximum Gasteiger partial charge on any atom is 0.240 e. The van der Waals surface area contributed by atoms with Crippen LogP contribution in [0.2, 0.25) is 0 Å². The van der Waals surface area contributed by atoms with Crippen LogP contribution in [0.25, 0.3) is 0 Å². The van der Waals surface area contributed by atoms with Crippen LogP contribution in [-0.2, 0) is 14.3 Å². The van der Waals surface area contributed by atoms with Gasteiger partial charge in [-0.05, 0) is 13.8 Å². The van der Waals surface area contributed by atoms with Crippen molar-refractivity contribution in [3.05, 3.63) is 11.5 Å². The van der Waals surface area contributed by atoms with Crippen LogP contribution in [0.4, 0.5) is 0 Å². The summed E-state index contributed by atoms with van der Waals surface area (Å²) < 4.78 is 29.9. The van der Waals surface area contributed by atoms with E-state index >= 15 is 0 Å². The minimum absolute atomic E-state index is 0.187. The van der Waals surface area contributed by atoms with E-state index in [0.717, 1.165) is 0 Å². The number of hydrogen-bond acceptors (Lipinski definition) is 3. The molecule has 1 heterocycles. The molecule has 0 saturated carbocycles. The third kappa shape index (κ3) is 0.875. The van der Waals surface area contributed by atoms with Crippen LogP contribution >= 0.6 is 0 Å². The molecular weight excluding hydrogens is 132 g/mol. The van der Waals surface area contributed by atoms with Crippen LogP contribution in [0.1, 0.15) is 18.0 Å². The van der Waals surface area contributed by atoms with Crippen molar-refractivity contribution in [3.63, 3.8) is 0 Å². The lowest BCUT2D eigenvalue weighted by Crippen LogP contribution is -2.13. The van der Waals surface area contributed by atoms with Gasteiger partial charge in [0.25, 0.3) is 0 Å². The number of rotatable bonds is 1. The highest BCUT2D eigenvalue weighted by molar-refractivity contribution is 5.99. The number of methoxy groups -OCH3 is 1. The Kier molecular flexibility index (Phi) is 0.932. The standard InChI is InChI=1S/C7H10O3/c1-4-6(8)7(9-3)5(2)10-4/h4H,1-3H3/i3D3. The van der Waals surface area contributed by atoms with Crippen LogP contribution in [0.15, 0.2) is 11.5 Å². The smallest absolute Gasteiger partial charge is 0.240 e. The molecule has 1 aliphatic heterocycles. The summed E-state index contributed by atoms with van der Waals surface area (Å²) in [5.74, 6) is -0.380. The molecule has 1 atom stereocenters. The van der Waals surface area contributed by atoms with Crippen molar-refractivity contribution in [2.24, 2.45) is 0 Å². The first-order chi connectivity index (χ1) is 5.81. The molecule has 0 aromatic rings. The van der Waals surface area contributed by atoms with E-state index in [1.54, 1.807) is 6.92 Å². The van der Waals surface area contributed by atoms with Crippen molar-refractivity contribution in [2.75, 3.05) is 7.04 Å². The molecule has 0 fully saturated rings. The minimum atomic E-state index is -2.60. The predicted molar refractivity (Wildman–Crippen MR) is 35.3 cm³/mol. The van der Waals surface area contributed by atoms with Crippen molar-refractivity contribution in [1.82, 2.24) is 0 Å². The quantitative estimate of drug-likeness (QED) is 0.548. The first kappa shape index (κ1) is 4.01. The summed E-state index contributed by atoms with van der Waals surface area (Å²) in [6.45, 7) is 3.05. The molecule has 1 aliphatic rings. The van der Waals surface area contributed by atoms with Crippen molar-refractivity contribution >= 4 is 5.78 Å². The van der Waals surface area contributed by atoms with Gasteiger partial charge < -0.3 is 9.47 Å². The van der Waals surface area contributed by atoms with E-state index in [0.29, 0.717) is 0 Å². The number of Topliss-reactive ketones (excluding diaryl/α,β-unsaturated/α-hetero) is 1. The lowest BCUT2D eigenvalue weighted by molar-refractivity contribution is -0.122. The Balaban J connectivity index is 2.80. The highest BCUT2D eigenvalue weighted by Gasteiger charge is 2.30. The fourth-order valence-electron chi connectivity index (χ4n) is 0.852. The zero-order chi connectivity index (χ0) is 10.2. The van der Waals surface area contributed by atoms with Gasteiger partial charge in [0.05, 0.1) is 11.2 Å². The summed E-state index contributed by atoms with van der Waals surface area (Å²) in [4.78, 5) is 11.2. The van der Waals surface area contributed by atoms with Crippen LogP contribution in [0.5, 0.6) is 0 Å². The molecule has 0 spiro atoms. The average molecular weight is 145 g/mol. The largest absolute Gasteiger partial charge is 0.490 e. The molecule has 3 heteroatoms. The minimum Gasteiger partial charge on any atom is -0.490 e. The Morgan fingerprint density at radius 2 is 2.50 bits per heavy atom. The maximum absolute atomic E-state index is 11.2. The van der Waals surface area contributed by atoms with Gasteiger partial charge in [-0.1, -0.05) is 0 Å². The Labute approximate surface area is 63.8 Å². The van der Waals surface area contributed by atoms with Gasteiger partial charge in [0.2, 0.25) is 11.5 Å². The van der Waals surface area contributed by atoms with Crippen LogP contribution in [0.3, 0.4) is 0 Å². The molecular formula is C7H10O3. The van der Waals surface area contributed by atoms with E-state index in [1.165, 1.54) is 6.92 Å². The van der Waals surface area contributed by atoms with Crippen molar-refractivity contribution in [2.45, 2.75) is 20.0 Å². The van der Waals surface area contributed by atoms with Crippen molar-refractivity contribution < 1.29 is 18.4 Å². The van der Waals surface area contributed by atoms with E-state index in [2.05, 4.69) is 4.74 Å². The maximum atomic E-state index is 11.2. The van der Waals surface area contributed by atoms with Gasteiger partial charge in [-0.15, -0.1) is 0 Å². The molecule has 1 unspecified atom stereocenters. The number of carbonyl (C=O) groups excluding carboxylic acids is 1. The normalized spacial score (nSPS) is 30.8. The SMILES string of the molecule is [2H]C([2H])([2H])OC1=C(C)OC(C)C1=O. The fourth-order valence-corrected chi connectivity index (χ4v) is 0.852. The van der Waals surface area contributed by atoms with E-state index in [4.69, 9.17) is 8.85 Å². The van der Waals surface area contributed by atoms with Gasteiger partial charge in [0.15, 0.2) is 6.10 Å². The second-order valence-corrected chi connectivity index (χ2v) is 2.11. The van der Waals surface area contributed by atoms with Crippen LogP contribution in [-0.4, -0.2) is 18.9 Å². The molecule has 56 valence electrons. The summed E-state index contributed by atoms with van der Waals surface area (Å²) in [5.41, 5.74) is 0. The number of carbonyl (C=O) groups is 1. The van der Waals surface area contributed by atoms with Gasteiger partial charge in [-0.3, -0.25) is 4.79 Å². The summed E-state index contributed by atoms with van der Waals surface area (Å²) in [6, 6.07) is 0. The second-order valence-electron chi connectivity index (χ2n) is 2.11. The highest BCUT2D eigenvalue weighted by atomic mass is 16.5. The molecule has 0 saturated heterocycles. The molecule has 10 heavy (non-hydrogen) atoms. The second kappa shape index (κ2) is 2.33. The summed E-state index contributed by atoms with van der Waals surface area (Å²) in [7, 11) is -2.60. The monoisotopic (exact) mass is 145 g/mol. The van der Waals surface area contributed by atoms with E-state index in [9.17, 15) is 4.79 Å². The van der Waals surface area contributed by atoms with Gasteiger partial charge in [0, 0.05) is 0 Å². The molecule has 0 aromatic carbocycles. The number of ether oxygens (including phenoxy) is 2. The Morgan fingerprint density at radius 1 is 1.80 bits per heavy atom. The van der Waals surface area contributed by atoms with Gasteiger partial charge in [0.1, 0.15) is 5.76 Å². The molecule has 0 amide bonds. The number of allylic oxidation sites excluding steroid dienone is 1. The number of ketones is 1. The zero-order valence-corrected chi connectivity index (χ0v) is 5.80. The summed E-state index contributed by atoms with van der Waals surface area (Å²) in [5, 5.41) is 0. The molecule has 0 bridgehead atoms. The Hall–Kier alpha value is -0.990. The van der Waals surface area contributed by atoms with Gasteiger partial charge in [-0.25, -0.2) is 0 Å². The van der Waals surface area contributed by atoms with Crippen LogP contribution in [0, 0.1) is 0 Å². The van der Waals surface area contributed by atoms with Crippen molar-refractivity contribution in [3.8, 4) is 0 Å². The highest BCUT2D eigenvalue weighted by Crippen LogP contribution is 2.20. The molecule has 1 rings (SSSR count). The van der Waals surface area contributed by atoms with Gasteiger partial charge >= 0.3 is 0 Å². The molecule has 0 aliphatic carbocycles. The third-order valence-corrected chi connectivity index (χ3v) is 1.37. The topological polar surface area (TPSA) is 35.5 Å². The molecule has 0 radical (unpaired) electrons. The van der Waals surface area contributed by atoms with E-state index in [1.807, 2.05) is 0 Å². The van der Waals surface area contributed by atoms with E-state index < -0.39 is 18.9 Å². The molecule has 0 aromatic heterocycles. The average Bonchev–Trinajstić information content (AvgIpc) is 2.14. The Bertz CT molecular complexity index is 267. The lowest BCUT2D eigenvalue weighted by atomic mass is 10.2. The first-order valence-corrected chi connectivity index (χ1v) is 2.92. The zero-order valence-electron chi connectivity index (χ0n) is 8.80. The molecule has 0 N–H and O–H groups in total. The lowest BCUT2D eigenvalue weighted by Gasteiger charge is -1.99. The fraction of sp³-hybridized carbons (Fsp3) is 0.571. The van der Waals surface area contributed by atoms with Crippen LogP contribution < -0.4 is 0 Å². The first-order valence-electron chi connectivity index (χ1n) is 4.42. The third-order valence-electron chi connectivity index (χ3n) is 1.37.